The first-order valence-corrected chi connectivity index (χ1v) is 9.48. The number of nitrogens with zero attached hydrogens (tertiary/aromatic N) is 2. The molecule has 1 aliphatic heterocycles. The van der Waals surface area contributed by atoms with Crippen LogP contribution in [0, 0.1) is 6.92 Å². The number of benzene rings is 3. The second kappa shape index (κ2) is 7.83. The molecule has 3 aromatic rings. The molecule has 0 fully saturated rings. The number of fused-ring (bicyclic) bond motifs is 1. The molecule has 0 saturated carbocycles. The Morgan fingerprint density at radius 2 is 1.43 bits per heavy atom. The van der Waals surface area contributed by atoms with Gasteiger partial charge in [-0.05, 0) is 43.3 Å². The number of aryl methyl sites for hydroxylation is 1. The average Bonchev–Trinajstić information content (AvgIpc) is 3.02. The number of carbonyl (C=O) groups excluding carboxylic acids is 3. The molecule has 4 rings (SSSR count). The molecule has 0 aliphatic carbocycles. The summed E-state index contributed by atoms with van der Waals surface area (Å²) in [4.78, 5) is 41.7. The molecule has 1 heterocycles. The van der Waals surface area contributed by atoms with Gasteiger partial charge in [0.25, 0.3) is 17.7 Å². The first kappa shape index (κ1) is 19.4. The van der Waals surface area contributed by atoms with Gasteiger partial charge in [0, 0.05) is 5.69 Å². The molecule has 0 N–H and O–H groups in total. The molecule has 0 bridgehead atoms. The van der Waals surface area contributed by atoms with Crippen molar-refractivity contribution in [3.63, 3.8) is 0 Å². The van der Waals surface area contributed by atoms with Crippen LogP contribution < -0.4 is 9.64 Å². The fourth-order valence-electron chi connectivity index (χ4n) is 3.46. The number of rotatable bonds is 5. The van der Waals surface area contributed by atoms with Gasteiger partial charge in [-0.15, -0.1) is 0 Å². The molecule has 0 saturated heterocycles. The Hall–Kier alpha value is -3.93. The molecule has 0 radical (unpaired) electrons. The highest BCUT2D eigenvalue weighted by Crippen LogP contribution is 2.27. The summed E-state index contributed by atoms with van der Waals surface area (Å²) < 4.78 is 5.34. The molecule has 3 amide bonds. The Labute approximate surface area is 174 Å². The number of methoxy groups -OCH3 is 1. The second-order valence-electron chi connectivity index (χ2n) is 6.99. The van der Waals surface area contributed by atoms with E-state index in [1.54, 1.807) is 60.7 Å². The summed E-state index contributed by atoms with van der Waals surface area (Å²) in [6.07, 6.45) is 0. The molecule has 0 spiro atoms. The Kier molecular flexibility index (Phi) is 5.06. The summed E-state index contributed by atoms with van der Waals surface area (Å²) in [5.74, 6) is -0.782. The van der Waals surface area contributed by atoms with Gasteiger partial charge in [0.05, 0.1) is 23.8 Å². The van der Waals surface area contributed by atoms with Crippen molar-refractivity contribution < 1.29 is 19.1 Å². The maximum Gasteiger partial charge on any atom is 0.263 e. The number of anilines is 1. The van der Waals surface area contributed by atoms with Gasteiger partial charge in [0.2, 0.25) is 0 Å². The van der Waals surface area contributed by atoms with Gasteiger partial charge >= 0.3 is 0 Å². The topological polar surface area (TPSA) is 66.9 Å². The largest absolute Gasteiger partial charge is 0.496 e. The molecule has 3 aromatic carbocycles. The fourth-order valence-corrected chi connectivity index (χ4v) is 3.46. The highest BCUT2D eigenvalue weighted by atomic mass is 16.5. The van der Waals surface area contributed by atoms with Crippen LogP contribution in [-0.4, -0.2) is 36.4 Å². The Morgan fingerprint density at radius 3 is 2.03 bits per heavy atom. The van der Waals surface area contributed by atoms with Gasteiger partial charge in [0.15, 0.2) is 0 Å². The van der Waals surface area contributed by atoms with E-state index in [2.05, 4.69) is 0 Å². The SMILES string of the molecule is COc1ccccc1C(=O)N(CN1C(=O)c2ccccc2C1=O)c1ccc(C)cc1. The minimum absolute atomic E-state index is 0.202. The van der Waals surface area contributed by atoms with Gasteiger partial charge in [-0.2, -0.15) is 0 Å². The van der Waals surface area contributed by atoms with Crippen LogP contribution in [0.3, 0.4) is 0 Å². The number of amides is 3. The smallest absolute Gasteiger partial charge is 0.263 e. The molecule has 6 nitrogen and oxygen atoms in total. The van der Waals surface area contributed by atoms with E-state index in [0.29, 0.717) is 28.1 Å². The minimum Gasteiger partial charge on any atom is -0.496 e. The van der Waals surface area contributed by atoms with Gasteiger partial charge in [0.1, 0.15) is 12.4 Å². The maximum atomic E-state index is 13.5. The van der Waals surface area contributed by atoms with Crippen molar-refractivity contribution in [3.05, 3.63) is 95.1 Å². The molecule has 0 atom stereocenters. The van der Waals surface area contributed by atoms with E-state index >= 15 is 0 Å². The Balaban J connectivity index is 1.74. The minimum atomic E-state index is -0.416. The van der Waals surface area contributed by atoms with E-state index in [0.717, 1.165) is 10.5 Å². The summed E-state index contributed by atoms with van der Waals surface area (Å²) in [5, 5.41) is 0. The standard InChI is InChI=1S/C24H20N2O4/c1-16-11-13-17(14-12-16)25(24(29)20-9-5-6-10-21(20)30-2)15-26-22(27)18-7-3-4-8-19(18)23(26)28/h3-14H,15H2,1-2H3. The zero-order valence-corrected chi connectivity index (χ0v) is 16.7. The number of imide groups is 1. The summed E-state index contributed by atoms with van der Waals surface area (Å²) >= 11 is 0. The first-order valence-electron chi connectivity index (χ1n) is 9.48. The van der Waals surface area contributed by atoms with Gasteiger partial charge < -0.3 is 4.74 Å². The van der Waals surface area contributed by atoms with Crippen LogP contribution in [0.15, 0.2) is 72.8 Å². The lowest BCUT2D eigenvalue weighted by Crippen LogP contribution is -2.44. The highest BCUT2D eigenvalue weighted by Gasteiger charge is 2.37. The van der Waals surface area contributed by atoms with Crippen molar-refractivity contribution in [2.24, 2.45) is 0 Å². The summed E-state index contributed by atoms with van der Waals surface area (Å²) in [6, 6.07) is 20.9. The van der Waals surface area contributed by atoms with Crippen LogP contribution in [0.5, 0.6) is 5.75 Å². The number of hydrogen-bond donors (Lipinski definition) is 0. The van der Waals surface area contributed by atoms with Gasteiger partial charge in [-0.25, -0.2) is 0 Å². The summed E-state index contributed by atoms with van der Waals surface area (Å²) in [5.41, 5.74) is 2.64. The summed E-state index contributed by atoms with van der Waals surface area (Å²) in [6.45, 7) is 1.74. The fraction of sp³-hybridized carbons (Fsp3) is 0.125. The third-order valence-corrected chi connectivity index (χ3v) is 5.09. The second-order valence-corrected chi connectivity index (χ2v) is 6.99. The quantitative estimate of drug-likeness (QED) is 0.609. The Bertz CT molecular complexity index is 1100. The lowest BCUT2D eigenvalue weighted by atomic mass is 10.1. The third kappa shape index (κ3) is 3.33. The van der Waals surface area contributed by atoms with Crippen molar-refractivity contribution >= 4 is 23.4 Å². The van der Waals surface area contributed by atoms with Crippen molar-refractivity contribution in [1.82, 2.24) is 4.90 Å². The van der Waals surface area contributed by atoms with Crippen LogP contribution in [0.2, 0.25) is 0 Å². The molecule has 0 unspecified atom stereocenters. The van der Waals surface area contributed by atoms with E-state index in [-0.39, 0.29) is 12.6 Å². The Morgan fingerprint density at radius 1 is 0.867 bits per heavy atom. The summed E-state index contributed by atoms with van der Waals surface area (Å²) in [7, 11) is 1.49. The molecule has 1 aliphatic rings. The van der Waals surface area contributed by atoms with Crippen molar-refractivity contribution in [1.29, 1.82) is 0 Å². The number of para-hydroxylation sites is 1. The molecule has 0 aromatic heterocycles. The lowest BCUT2D eigenvalue weighted by molar-refractivity contribution is 0.0650. The normalized spacial score (nSPS) is 12.7. The van der Waals surface area contributed by atoms with Crippen LogP contribution >= 0.6 is 0 Å². The molecular formula is C24H20N2O4. The monoisotopic (exact) mass is 400 g/mol. The van der Waals surface area contributed by atoms with E-state index in [1.807, 2.05) is 19.1 Å². The van der Waals surface area contributed by atoms with Crippen LogP contribution in [0.1, 0.15) is 36.6 Å². The van der Waals surface area contributed by atoms with Gasteiger partial charge in [-0.3, -0.25) is 24.2 Å². The zero-order valence-electron chi connectivity index (χ0n) is 16.7. The van der Waals surface area contributed by atoms with Crippen LogP contribution in [-0.2, 0) is 0 Å². The zero-order chi connectivity index (χ0) is 21.3. The molecule has 150 valence electrons. The molecular weight excluding hydrogens is 380 g/mol. The molecule has 30 heavy (non-hydrogen) atoms. The van der Waals surface area contributed by atoms with E-state index in [9.17, 15) is 14.4 Å². The molecule has 6 heteroatoms. The van der Waals surface area contributed by atoms with E-state index in [4.69, 9.17) is 4.74 Å². The van der Waals surface area contributed by atoms with Crippen molar-refractivity contribution in [2.45, 2.75) is 6.92 Å². The van der Waals surface area contributed by atoms with Crippen molar-refractivity contribution in [2.75, 3.05) is 18.7 Å². The highest BCUT2D eigenvalue weighted by molar-refractivity contribution is 6.22. The number of hydrogen-bond acceptors (Lipinski definition) is 4. The van der Waals surface area contributed by atoms with Gasteiger partial charge in [-0.1, -0.05) is 42.0 Å². The number of ether oxygens (including phenoxy) is 1. The first-order chi connectivity index (χ1) is 14.5. The maximum absolute atomic E-state index is 13.5. The van der Waals surface area contributed by atoms with Crippen LogP contribution in [0.4, 0.5) is 5.69 Å². The van der Waals surface area contributed by atoms with Crippen LogP contribution in [0.25, 0.3) is 0 Å². The van der Waals surface area contributed by atoms with E-state index in [1.165, 1.54) is 12.0 Å². The predicted octanol–water partition coefficient (Wildman–Crippen LogP) is 3.90. The van der Waals surface area contributed by atoms with E-state index < -0.39 is 11.8 Å². The predicted molar refractivity (Wildman–Crippen MR) is 113 cm³/mol. The average molecular weight is 400 g/mol. The third-order valence-electron chi connectivity index (χ3n) is 5.09. The number of carbonyl (C=O) groups is 3. The lowest BCUT2D eigenvalue weighted by Gasteiger charge is -2.27. The van der Waals surface area contributed by atoms with Crippen molar-refractivity contribution in [3.8, 4) is 5.75 Å².